The molecule has 0 unspecified atom stereocenters. The first kappa shape index (κ1) is 13.4. The molecule has 2 aromatic rings. The van der Waals surface area contributed by atoms with Crippen LogP contribution in [-0.2, 0) is 4.79 Å². The molecule has 0 bridgehead atoms. The average Bonchev–Trinajstić information content (AvgIpc) is 2.78. The summed E-state index contributed by atoms with van der Waals surface area (Å²) in [5.74, 6) is 6.75. The predicted octanol–water partition coefficient (Wildman–Crippen LogP) is 0.805. The number of nitrogen functional groups attached to an aromatic ring is 1. The second kappa shape index (κ2) is 5.75. The van der Waals surface area contributed by atoms with Gasteiger partial charge in [0.15, 0.2) is 5.82 Å². The van der Waals surface area contributed by atoms with Gasteiger partial charge in [-0.3, -0.25) is 4.79 Å². The molecular formula is C12H15N5OS. The summed E-state index contributed by atoms with van der Waals surface area (Å²) >= 11 is 1.25. The number of aromatic nitrogens is 3. The highest BCUT2D eigenvalue weighted by Gasteiger charge is 2.14. The summed E-state index contributed by atoms with van der Waals surface area (Å²) in [6, 6.07) is 7.81. The molecule has 0 aliphatic rings. The van der Waals surface area contributed by atoms with Crippen molar-refractivity contribution in [2.75, 3.05) is 18.6 Å². The van der Waals surface area contributed by atoms with Gasteiger partial charge in [-0.25, -0.2) is 4.68 Å². The number of amides is 1. The molecule has 1 heterocycles. The Morgan fingerprint density at radius 1 is 1.42 bits per heavy atom. The molecule has 0 saturated heterocycles. The van der Waals surface area contributed by atoms with Crippen molar-refractivity contribution in [3.63, 3.8) is 0 Å². The van der Waals surface area contributed by atoms with Gasteiger partial charge in [-0.05, 0) is 12.5 Å². The standard InChI is InChI=1S/C12H15N5OS/c1-8-5-3-4-6-9(8)11-15-16-12(17(11)13)19-7-10(18)14-2/h3-6H,7,13H2,1-2H3,(H,14,18). The number of nitrogens with zero attached hydrogens (tertiary/aromatic N) is 3. The van der Waals surface area contributed by atoms with E-state index in [4.69, 9.17) is 5.84 Å². The van der Waals surface area contributed by atoms with Gasteiger partial charge in [-0.2, -0.15) is 0 Å². The van der Waals surface area contributed by atoms with Crippen LogP contribution in [-0.4, -0.2) is 33.6 Å². The van der Waals surface area contributed by atoms with E-state index in [1.807, 2.05) is 31.2 Å². The van der Waals surface area contributed by atoms with Crippen LogP contribution in [0.25, 0.3) is 11.4 Å². The van der Waals surface area contributed by atoms with Gasteiger partial charge >= 0.3 is 0 Å². The molecule has 0 spiro atoms. The predicted molar refractivity (Wildman–Crippen MR) is 75.1 cm³/mol. The zero-order valence-corrected chi connectivity index (χ0v) is 11.6. The maximum atomic E-state index is 11.2. The topological polar surface area (TPSA) is 85.8 Å². The summed E-state index contributed by atoms with van der Waals surface area (Å²) < 4.78 is 1.41. The monoisotopic (exact) mass is 277 g/mol. The maximum Gasteiger partial charge on any atom is 0.230 e. The van der Waals surface area contributed by atoms with E-state index in [1.165, 1.54) is 16.4 Å². The number of thioether (sulfide) groups is 1. The molecule has 1 aromatic heterocycles. The summed E-state index contributed by atoms with van der Waals surface area (Å²) in [5.41, 5.74) is 2.01. The number of hydrogen-bond acceptors (Lipinski definition) is 5. The quantitative estimate of drug-likeness (QED) is 0.638. The van der Waals surface area contributed by atoms with E-state index in [9.17, 15) is 4.79 Å². The third-order valence-corrected chi connectivity index (χ3v) is 3.60. The molecule has 0 fully saturated rings. The van der Waals surface area contributed by atoms with Gasteiger partial charge in [0.1, 0.15) is 0 Å². The fourth-order valence-corrected chi connectivity index (χ4v) is 2.31. The van der Waals surface area contributed by atoms with Crippen molar-refractivity contribution < 1.29 is 4.79 Å². The van der Waals surface area contributed by atoms with Crippen LogP contribution in [0, 0.1) is 6.92 Å². The van der Waals surface area contributed by atoms with Crippen molar-refractivity contribution in [1.29, 1.82) is 0 Å². The molecule has 0 saturated carbocycles. The molecule has 1 amide bonds. The number of rotatable bonds is 4. The SMILES string of the molecule is CNC(=O)CSc1nnc(-c2ccccc2C)n1N. The number of carbonyl (C=O) groups is 1. The molecule has 6 nitrogen and oxygen atoms in total. The molecule has 100 valence electrons. The summed E-state index contributed by atoms with van der Waals surface area (Å²) in [6.07, 6.45) is 0. The average molecular weight is 277 g/mol. The second-order valence-electron chi connectivity index (χ2n) is 3.95. The Morgan fingerprint density at radius 2 is 2.16 bits per heavy atom. The first-order chi connectivity index (χ1) is 9.13. The van der Waals surface area contributed by atoms with Gasteiger partial charge in [0, 0.05) is 12.6 Å². The lowest BCUT2D eigenvalue weighted by atomic mass is 10.1. The summed E-state index contributed by atoms with van der Waals surface area (Å²) in [4.78, 5) is 11.2. The first-order valence-corrected chi connectivity index (χ1v) is 6.72. The fraction of sp³-hybridized carbons (Fsp3) is 0.250. The van der Waals surface area contributed by atoms with Crippen molar-refractivity contribution in [2.24, 2.45) is 0 Å². The van der Waals surface area contributed by atoms with E-state index in [1.54, 1.807) is 7.05 Å². The van der Waals surface area contributed by atoms with Gasteiger partial charge in [0.2, 0.25) is 11.1 Å². The van der Waals surface area contributed by atoms with Crippen LogP contribution in [0.3, 0.4) is 0 Å². The zero-order valence-electron chi connectivity index (χ0n) is 10.8. The van der Waals surface area contributed by atoms with Crippen molar-refractivity contribution in [3.05, 3.63) is 29.8 Å². The van der Waals surface area contributed by atoms with Crippen molar-refractivity contribution in [2.45, 2.75) is 12.1 Å². The summed E-state index contributed by atoms with van der Waals surface area (Å²) in [7, 11) is 1.59. The second-order valence-corrected chi connectivity index (χ2v) is 4.90. The Labute approximate surface area is 115 Å². The Morgan fingerprint density at radius 3 is 2.84 bits per heavy atom. The van der Waals surface area contributed by atoms with Crippen LogP contribution in [0.15, 0.2) is 29.4 Å². The molecule has 3 N–H and O–H groups in total. The lowest BCUT2D eigenvalue weighted by Crippen LogP contribution is -2.20. The van der Waals surface area contributed by atoms with E-state index < -0.39 is 0 Å². The normalized spacial score (nSPS) is 10.4. The first-order valence-electron chi connectivity index (χ1n) is 5.73. The largest absolute Gasteiger partial charge is 0.358 e. The summed E-state index contributed by atoms with van der Waals surface area (Å²) in [6.45, 7) is 1.99. The van der Waals surface area contributed by atoms with Crippen LogP contribution in [0.5, 0.6) is 0 Å². The number of aryl methyl sites for hydroxylation is 1. The highest BCUT2D eigenvalue weighted by atomic mass is 32.2. The molecular weight excluding hydrogens is 262 g/mol. The Kier molecular flexibility index (Phi) is 4.06. The van der Waals surface area contributed by atoms with Crippen LogP contribution < -0.4 is 11.2 Å². The molecule has 0 aliphatic carbocycles. The summed E-state index contributed by atoms with van der Waals surface area (Å²) in [5, 5.41) is 11.2. The molecule has 7 heteroatoms. The van der Waals surface area contributed by atoms with E-state index in [0.29, 0.717) is 11.0 Å². The van der Waals surface area contributed by atoms with E-state index in [2.05, 4.69) is 15.5 Å². The van der Waals surface area contributed by atoms with Crippen molar-refractivity contribution in [1.82, 2.24) is 20.2 Å². The Balaban J connectivity index is 2.24. The smallest absolute Gasteiger partial charge is 0.230 e. The number of nitrogens with one attached hydrogen (secondary N) is 1. The Bertz CT molecular complexity index is 596. The van der Waals surface area contributed by atoms with Crippen LogP contribution in [0.4, 0.5) is 0 Å². The van der Waals surface area contributed by atoms with E-state index in [0.717, 1.165) is 11.1 Å². The zero-order chi connectivity index (χ0) is 13.8. The lowest BCUT2D eigenvalue weighted by molar-refractivity contribution is -0.118. The minimum Gasteiger partial charge on any atom is -0.358 e. The number of benzene rings is 1. The van der Waals surface area contributed by atoms with E-state index >= 15 is 0 Å². The van der Waals surface area contributed by atoms with Crippen LogP contribution in [0.2, 0.25) is 0 Å². The number of hydrogen-bond donors (Lipinski definition) is 2. The Hall–Kier alpha value is -2.02. The third kappa shape index (κ3) is 2.87. The highest BCUT2D eigenvalue weighted by molar-refractivity contribution is 7.99. The number of carbonyl (C=O) groups excluding carboxylic acids is 1. The highest BCUT2D eigenvalue weighted by Crippen LogP contribution is 2.23. The minimum atomic E-state index is -0.0783. The molecule has 2 rings (SSSR count). The van der Waals surface area contributed by atoms with Gasteiger partial charge in [-0.1, -0.05) is 36.0 Å². The van der Waals surface area contributed by atoms with Crippen LogP contribution in [0.1, 0.15) is 5.56 Å². The molecule has 1 aromatic carbocycles. The van der Waals surface area contributed by atoms with Crippen molar-refractivity contribution >= 4 is 17.7 Å². The van der Waals surface area contributed by atoms with Crippen molar-refractivity contribution in [3.8, 4) is 11.4 Å². The third-order valence-electron chi connectivity index (χ3n) is 2.66. The lowest BCUT2D eigenvalue weighted by Gasteiger charge is -2.05. The van der Waals surface area contributed by atoms with Crippen LogP contribution >= 0.6 is 11.8 Å². The fourth-order valence-electron chi connectivity index (χ4n) is 1.59. The minimum absolute atomic E-state index is 0.0783. The van der Waals surface area contributed by atoms with Gasteiger partial charge < -0.3 is 11.2 Å². The molecule has 0 radical (unpaired) electrons. The maximum absolute atomic E-state index is 11.2. The van der Waals surface area contributed by atoms with Gasteiger partial charge in [0.25, 0.3) is 0 Å². The molecule has 0 atom stereocenters. The molecule has 0 aliphatic heterocycles. The number of nitrogens with two attached hydrogens (primary N) is 1. The molecule has 19 heavy (non-hydrogen) atoms. The van der Waals surface area contributed by atoms with Gasteiger partial charge in [0.05, 0.1) is 5.75 Å². The van der Waals surface area contributed by atoms with E-state index in [-0.39, 0.29) is 11.7 Å². The van der Waals surface area contributed by atoms with Gasteiger partial charge in [-0.15, -0.1) is 10.2 Å².